The second kappa shape index (κ2) is 12.7. The molecule has 0 N–H and O–H groups in total. The Morgan fingerprint density at radius 3 is 2.13 bits per heavy atom. The van der Waals surface area contributed by atoms with Gasteiger partial charge in [-0.25, -0.2) is 0 Å². The van der Waals surface area contributed by atoms with Gasteiger partial charge >= 0.3 is 5.97 Å². The molecule has 2 unspecified atom stereocenters. The summed E-state index contributed by atoms with van der Waals surface area (Å²) < 4.78 is 5.49. The maximum absolute atomic E-state index is 13.0. The Morgan fingerprint density at radius 1 is 0.903 bits per heavy atom. The van der Waals surface area contributed by atoms with Crippen LogP contribution in [0, 0.1) is 5.92 Å². The minimum Gasteiger partial charge on any atom is -0.461 e. The van der Waals surface area contributed by atoms with Crippen LogP contribution in [0.25, 0.3) is 0 Å². The van der Waals surface area contributed by atoms with Crippen molar-refractivity contribution in [2.45, 2.75) is 52.9 Å². The number of ketones is 1. The first-order valence-electron chi connectivity index (χ1n) is 11.0. The Kier molecular flexibility index (Phi) is 9.96. The van der Waals surface area contributed by atoms with Crippen LogP contribution in [0.15, 0.2) is 84.0 Å². The van der Waals surface area contributed by atoms with Crippen LogP contribution in [0.3, 0.4) is 0 Å². The molecule has 0 fully saturated rings. The van der Waals surface area contributed by atoms with E-state index in [2.05, 4.69) is 26.8 Å². The predicted octanol–water partition coefficient (Wildman–Crippen LogP) is 6.92. The average Bonchev–Trinajstić information content (AvgIpc) is 2.77. The molecule has 0 amide bonds. The van der Waals surface area contributed by atoms with E-state index < -0.39 is 0 Å². The summed E-state index contributed by atoms with van der Waals surface area (Å²) in [6.07, 6.45) is 6.30. The Bertz CT molecular complexity index is 890. The number of carbonyl (C=O) groups is 2. The maximum atomic E-state index is 13.0. The standard InChI is InChI=1S/C28H34O3/c1-21(2)12-11-13-22(3)18-19-31-27(29)20-26(24-14-7-5-8-15-24)23(4)28(30)25-16-9-6-10-17-25/h5-10,12,14-18,23,26H,11,13,19-20H2,1-4H3. The third kappa shape index (κ3) is 8.37. The molecular weight excluding hydrogens is 384 g/mol. The van der Waals surface area contributed by atoms with Crippen molar-refractivity contribution in [2.75, 3.05) is 6.61 Å². The Balaban J connectivity index is 2.02. The summed E-state index contributed by atoms with van der Waals surface area (Å²) in [5, 5.41) is 0. The minimum atomic E-state index is -0.335. The lowest BCUT2D eigenvalue weighted by molar-refractivity contribution is -0.143. The minimum absolute atomic E-state index is 0.0391. The molecule has 0 saturated carbocycles. The summed E-state index contributed by atoms with van der Waals surface area (Å²) in [7, 11) is 0. The number of ether oxygens (including phenoxy) is 1. The summed E-state index contributed by atoms with van der Waals surface area (Å²) in [5.74, 6) is -0.810. The molecule has 0 heterocycles. The molecule has 2 atom stereocenters. The van der Waals surface area contributed by atoms with E-state index in [1.54, 1.807) is 0 Å². The van der Waals surface area contributed by atoms with Gasteiger partial charge in [-0.15, -0.1) is 0 Å². The summed E-state index contributed by atoms with van der Waals surface area (Å²) in [6.45, 7) is 8.40. The number of allylic oxidation sites excluding steroid dienone is 3. The molecule has 0 aromatic heterocycles. The molecule has 2 rings (SSSR count). The number of Topliss-reactive ketones (excluding diaryl/α,β-unsaturated/α-hetero) is 1. The molecule has 0 radical (unpaired) electrons. The van der Waals surface area contributed by atoms with E-state index in [-0.39, 0.29) is 36.6 Å². The summed E-state index contributed by atoms with van der Waals surface area (Å²) in [4.78, 5) is 25.6. The fourth-order valence-corrected chi connectivity index (χ4v) is 3.54. The van der Waals surface area contributed by atoms with Crippen LogP contribution >= 0.6 is 0 Å². The Morgan fingerprint density at radius 2 is 1.52 bits per heavy atom. The maximum Gasteiger partial charge on any atom is 0.306 e. The summed E-state index contributed by atoms with van der Waals surface area (Å²) in [6, 6.07) is 19.0. The van der Waals surface area contributed by atoms with Crippen molar-refractivity contribution in [3.05, 3.63) is 95.1 Å². The van der Waals surface area contributed by atoms with Gasteiger partial charge < -0.3 is 4.74 Å². The summed E-state index contributed by atoms with van der Waals surface area (Å²) >= 11 is 0. The van der Waals surface area contributed by atoms with Crippen molar-refractivity contribution < 1.29 is 14.3 Å². The van der Waals surface area contributed by atoms with E-state index in [1.807, 2.05) is 73.7 Å². The number of hydrogen-bond donors (Lipinski definition) is 0. The SMILES string of the molecule is CC(C)=CCCC(C)=CCOC(=O)CC(c1ccccc1)C(C)C(=O)c1ccccc1. The van der Waals surface area contributed by atoms with Crippen molar-refractivity contribution in [2.24, 2.45) is 5.92 Å². The van der Waals surface area contributed by atoms with Crippen LogP contribution in [-0.2, 0) is 9.53 Å². The zero-order valence-corrected chi connectivity index (χ0v) is 19.1. The monoisotopic (exact) mass is 418 g/mol. The van der Waals surface area contributed by atoms with Gasteiger partial charge in [0, 0.05) is 17.4 Å². The molecule has 3 nitrogen and oxygen atoms in total. The average molecular weight is 419 g/mol. The quantitative estimate of drug-likeness (QED) is 0.226. The first kappa shape index (κ1) is 24.3. The van der Waals surface area contributed by atoms with Crippen molar-refractivity contribution in [1.29, 1.82) is 0 Å². The van der Waals surface area contributed by atoms with Gasteiger partial charge in [0.25, 0.3) is 0 Å². The molecule has 0 aliphatic rings. The van der Waals surface area contributed by atoms with Gasteiger partial charge in [0.15, 0.2) is 5.78 Å². The lowest BCUT2D eigenvalue weighted by atomic mass is 9.80. The van der Waals surface area contributed by atoms with E-state index in [9.17, 15) is 9.59 Å². The molecule has 31 heavy (non-hydrogen) atoms. The van der Waals surface area contributed by atoms with Gasteiger partial charge in [-0.2, -0.15) is 0 Å². The van der Waals surface area contributed by atoms with Crippen LogP contribution in [-0.4, -0.2) is 18.4 Å². The van der Waals surface area contributed by atoms with Crippen molar-refractivity contribution in [1.82, 2.24) is 0 Å². The molecule has 0 bridgehead atoms. The summed E-state index contributed by atoms with van der Waals surface area (Å²) in [5.41, 5.74) is 4.16. The van der Waals surface area contributed by atoms with Crippen molar-refractivity contribution >= 4 is 11.8 Å². The fraction of sp³-hybridized carbons (Fsp3) is 0.357. The van der Waals surface area contributed by atoms with Gasteiger partial charge in [0.05, 0.1) is 6.42 Å². The van der Waals surface area contributed by atoms with E-state index in [1.165, 1.54) is 11.1 Å². The van der Waals surface area contributed by atoms with Gasteiger partial charge in [-0.3, -0.25) is 9.59 Å². The molecule has 0 aliphatic carbocycles. The third-order valence-electron chi connectivity index (χ3n) is 5.46. The smallest absolute Gasteiger partial charge is 0.306 e. The number of carbonyl (C=O) groups excluding carboxylic acids is 2. The molecule has 2 aromatic rings. The van der Waals surface area contributed by atoms with E-state index >= 15 is 0 Å². The lowest BCUT2D eigenvalue weighted by Crippen LogP contribution is -2.23. The van der Waals surface area contributed by atoms with Gasteiger partial charge in [0.2, 0.25) is 0 Å². The van der Waals surface area contributed by atoms with Crippen LogP contribution in [0.5, 0.6) is 0 Å². The second-order valence-electron chi connectivity index (χ2n) is 8.29. The highest BCUT2D eigenvalue weighted by Crippen LogP contribution is 2.31. The highest BCUT2D eigenvalue weighted by atomic mass is 16.5. The number of esters is 1. The molecule has 3 heteroatoms. The van der Waals surface area contributed by atoms with Gasteiger partial charge in [-0.1, -0.05) is 84.8 Å². The zero-order valence-electron chi connectivity index (χ0n) is 19.1. The molecular formula is C28H34O3. The topological polar surface area (TPSA) is 43.4 Å². The van der Waals surface area contributed by atoms with Gasteiger partial charge in [0.1, 0.15) is 6.61 Å². The molecule has 2 aromatic carbocycles. The van der Waals surface area contributed by atoms with Crippen LogP contribution in [0.1, 0.15) is 68.8 Å². The Hall–Kier alpha value is -2.94. The highest BCUT2D eigenvalue weighted by Gasteiger charge is 2.28. The normalized spacial score (nSPS) is 13.2. The molecule has 164 valence electrons. The van der Waals surface area contributed by atoms with Crippen LogP contribution in [0.2, 0.25) is 0 Å². The number of benzene rings is 2. The fourth-order valence-electron chi connectivity index (χ4n) is 3.54. The third-order valence-corrected chi connectivity index (χ3v) is 5.46. The molecule has 0 spiro atoms. The van der Waals surface area contributed by atoms with E-state index in [0.717, 1.165) is 18.4 Å². The van der Waals surface area contributed by atoms with Gasteiger partial charge in [-0.05, 0) is 45.3 Å². The van der Waals surface area contributed by atoms with Crippen LogP contribution < -0.4 is 0 Å². The first-order chi connectivity index (χ1) is 14.9. The second-order valence-corrected chi connectivity index (χ2v) is 8.29. The molecule has 0 saturated heterocycles. The number of hydrogen-bond acceptors (Lipinski definition) is 3. The van der Waals surface area contributed by atoms with Crippen molar-refractivity contribution in [3.8, 4) is 0 Å². The van der Waals surface area contributed by atoms with Crippen LogP contribution in [0.4, 0.5) is 0 Å². The highest BCUT2D eigenvalue weighted by molar-refractivity contribution is 5.98. The largest absolute Gasteiger partial charge is 0.461 e. The molecule has 0 aliphatic heterocycles. The van der Waals surface area contributed by atoms with Crippen molar-refractivity contribution in [3.63, 3.8) is 0 Å². The first-order valence-corrected chi connectivity index (χ1v) is 11.0. The predicted molar refractivity (Wildman–Crippen MR) is 127 cm³/mol. The van der Waals surface area contributed by atoms with E-state index in [4.69, 9.17) is 4.74 Å². The lowest BCUT2D eigenvalue weighted by Gasteiger charge is -2.23. The number of rotatable bonds is 11. The Labute approximate surface area is 186 Å². The zero-order chi connectivity index (χ0) is 22.6. The van der Waals surface area contributed by atoms with E-state index in [0.29, 0.717) is 5.56 Å².